The smallest absolute Gasteiger partial charge is 0.257 e. The third-order valence-corrected chi connectivity index (χ3v) is 8.09. The van der Waals surface area contributed by atoms with E-state index in [2.05, 4.69) is 30.9 Å². The SMILES string of the molecule is Cc1noc(-c2ccc3c(c2)NC(=O)C(C)CCC[C@H](NC(=O)c2cnn(-c4cccc(Cl)c4F)c2C)c2cc-3ccn2)n1. The molecule has 2 amide bonds. The Morgan fingerprint density at radius 2 is 1.98 bits per heavy atom. The van der Waals surface area contributed by atoms with Gasteiger partial charge in [-0.2, -0.15) is 10.1 Å². The van der Waals surface area contributed by atoms with Crippen molar-refractivity contribution in [2.45, 2.75) is 46.1 Å². The molecule has 2 atom stereocenters. The van der Waals surface area contributed by atoms with E-state index in [1.807, 2.05) is 37.3 Å². The van der Waals surface area contributed by atoms with Gasteiger partial charge in [0.2, 0.25) is 5.91 Å². The lowest BCUT2D eigenvalue weighted by Crippen LogP contribution is -2.30. The number of anilines is 1. The van der Waals surface area contributed by atoms with Crippen molar-refractivity contribution in [3.63, 3.8) is 0 Å². The number of fused-ring (bicyclic) bond motifs is 4. The summed E-state index contributed by atoms with van der Waals surface area (Å²) >= 11 is 5.97. The number of aromatic nitrogens is 5. The van der Waals surface area contributed by atoms with Crippen LogP contribution in [0.1, 0.15) is 59.8 Å². The molecule has 5 aromatic rings. The van der Waals surface area contributed by atoms with E-state index in [9.17, 15) is 14.0 Å². The molecule has 2 aromatic carbocycles. The molecule has 1 unspecified atom stereocenters. The Morgan fingerprint density at radius 1 is 1.14 bits per heavy atom. The van der Waals surface area contributed by atoms with Crippen molar-refractivity contribution in [3.05, 3.63) is 94.5 Å². The molecule has 0 fully saturated rings. The summed E-state index contributed by atoms with van der Waals surface area (Å²) in [5.74, 6) is -0.522. The van der Waals surface area contributed by atoms with Crippen LogP contribution in [0, 0.1) is 25.6 Å². The summed E-state index contributed by atoms with van der Waals surface area (Å²) in [5.41, 5.74) is 4.45. The first-order valence-corrected chi connectivity index (χ1v) is 14.6. The zero-order valence-corrected chi connectivity index (χ0v) is 25.0. The summed E-state index contributed by atoms with van der Waals surface area (Å²) in [6.07, 6.45) is 4.91. The molecule has 224 valence electrons. The van der Waals surface area contributed by atoms with E-state index in [4.69, 9.17) is 16.1 Å². The number of pyridine rings is 1. The number of amides is 2. The van der Waals surface area contributed by atoms with Gasteiger partial charge >= 0.3 is 0 Å². The number of carbonyl (C=O) groups excluding carboxylic acids is 2. The van der Waals surface area contributed by atoms with E-state index in [1.165, 1.54) is 16.9 Å². The average Bonchev–Trinajstić information content (AvgIpc) is 3.62. The zero-order chi connectivity index (χ0) is 31.0. The van der Waals surface area contributed by atoms with Gasteiger partial charge in [0, 0.05) is 28.9 Å². The standard InChI is InChI=1S/C32H29ClFN7O3/c1-17-6-4-8-25(38-31(43)23-16-36-41(18(23)2)28-9-5-7-24(33)29(28)34)27-14-20(12-13-35-27)22-11-10-21(15-26(22)39-30(17)42)32-37-19(3)40-44-32/h5,7,9-17,25H,4,6,8H2,1-3H3,(H,38,43)(H,39,42)/t17?,25-/m0/s1. The summed E-state index contributed by atoms with van der Waals surface area (Å²) < 4.78 is 21.4. The van der Waals surface area contributed by atoms with E-state index >= 15 is 0 Å². The van der Waals surface area contributed by atoms with Crippen LogP contribution in [0.5, 0.6) is 0 Å². The largest absolute Gasteiger partial charge is 0.344 e. The van der Waals surface area contributed by atoms with Gasteiger partial charge in [0.25, 0.3) is 11.8 Å². The number of hydrogen-bond acceptors (Lipinski definition) is 7. The van der Waals surface area contributed by atoms with Gasteiger partial charge < -0.3 is 15.2 Å². The van der Waals surface area contributed by atoms with Crippen LogP contribution in [0.2, 0.25) is 5.02 Å². The van der Waals surface area contributed by atoms with Crippen LogP contribution >= 0.6 is 11.6 Å². The predicted molar refractivity (Wildman–Crippen MR) is 163 cm³/mol. The Kier molecular flexibility index (Phi) is 7.96. The highest BCUT2D eigenvalue weighted by atomic mass is 35.5. The van der Waals surface area contributed by atoms with Crippen LogP contribution in [0.15, 0.2) is 65.4 Å². The van der Waals surface area contributed by atoms with Crippen molar-refractivity contribution >= 4 is 29.1 Å². The van der Waals surface area contributed by atoms with E-state index < -0.39 is 11.9 Å². The number of nitrogens with one attached hydrogen (secondary N) is 2. The predicted octanol–water partition coefficient (Wildman–Crippen LogP) is 6.62. The Bertz CT molecular complexity index is 1890. The van der Waals surface area contributed by atoms with Crippen molar-refractivity contribution in [2.24, 2.45) is 5.92 Å². The molecule has 1 aliphatic rings. The molecular formula is C32H29ClFN7O3. The van der Waals surface area contributed by atoms with E-state index in [0.717, 1.165) is 11.1 Å². The molecule has 3 aromatic heterocycles. The molecule has 0 spiro atoms. The molecule has 6 rings (SSSR count). The minimum atomic E-state index is -0.620. The molecular weight excluding hydrogens is 585 g/mol. The molecule has 0 saturated carbocycles. The van der Waals surface area contributed by atoms with Gasteiger partial charge in [0.1, 0.15) is 5.69 Å². The van der Waals surface area contributed by atoms with Gasteiger partial charge in [0.15, 0.2) is 11.6 Å². The zero-order valence-electron chi connectivity index (χ0n) is 24.3. The van der Waals surface area contributed by atoms with Crippen molar-refractivity contribution in [2.75, 3.05) is 5.32 Å². The van der Waals surface area contributed by atoms with E-state index in [-0.39, 0.29) is 28.4 Å². The fraction of sp³-hybridized carbons (Fsp3) is 0.250. The number of carbonyl (C=O) groups is 2. The molecule has 0 saturated heterocycles. The summed E-state index contributed by atoms with van der Waals surface area (Å²) in [5, 5.41) is 14.3. The van der Waals surface area contributed by atoms with Crippen molar-refractivity contribution in [1.29, 1.82) is 0 Å². The molecule has 0 aliphatic carbocycles. The highest BCUT2D eigenvalue weighted by Gasteiger charge is 2.25. The monoisotopic (exact) mass is 613 g/mol. The maximum absolute atomic E-state index is 14.7. The van der Waals surface area contributed by atoms with Crippen molar-refractivity contribution in [3.8, 4) is 28.3 Å². The Hall–Kier alpha value is -4.90. The number of rotatable bonds is 4. The summed E-state index contributed by atoms with van der Waals surface area (Å²) in [4.78, 5) is 35.8. The quantitative estimate of drug-likeness (QED) is 0.233. The molecule has 10 nitrogen and oxygen atoms in total. The maximum Gasteiger partial charge on any atom is 0.257 e. The van der Waals surface area contributed by atoms with Crippen LogP contribution in [-0.4, -0.2) is 36.7 Å². The first-order chi connectivity index (χ1) is 21.2. The highest BCUT2D eigenvalue weighted by Crippen LogP contribution is 2.35. The molecule has 0 radical (unpaired) electrons. The van der Waals surface area contributed by atoms with E-state index in [1.54, 1.807) is 32.2 Å². The molecule has 44 heavy (non-hydrogen) atoms. The van der Waals surface area contributed by atoms with E-state index in [0.29, 0.717) is 59.2 Å². The minimum absolute atomic E-state index is 0.0342. The normalized spacial score (nSPS) is 16.8. The maximum atomic E-state index is 14.7. The van der Waals surface area contributed by atoms with Gasteiger partial charge in [-0.3, -0.25) is 14.6 Å². The molecule has 4 heterocycles. The second-order valence-corrected chi connectivity index (χ2v) is 11.3. The second kappa shape index (κ2) is 12.0. The number of benzene rings is 2. The molecule has 1 aliphatic heterocycles. The lowest BCUT2D eigenvalue weighted by molar-refractivity contribution is -0.119. The molecule has 2 N–H and O–H groups in total. The Labute approximate surface area is 257 Å². The van der Waals surface area contributed by atoms with Gasteiger partial charge in [0.05, 0.1) is 34.2 Å². The Balaban J connectivity index is 1.34. The lowest BCUT2D eigenvalue weighted by Gasteiger charge is -2.22. The Morgan fingerprint density at radius 3 is 2.77 bits per heavy atom. The highest BCUT2D eigenvalue weighted by molar-refractivity contribution is 6.30. The fourth-order valence-corrected chi connectivity index (χ4v) is 5.50. The first kappa shape index (κ1) is 29.2. The summed E-state index contributed by atoms with van der Waals surface area (Å²) in [6, 6.07) is 13.5. The van der Waals surface area contributed by atoms with Gasteiger partial charge in [-0.25, -0.2) is 9.07 Å². The summed E-state index contributed by atoms with van der Waals surface area (Å²) in [6.45, 7) is 5.32. The number of halogens is 2. The average molecular weight is 614 g/mol. The van der Waals surface area contributed by atoms with Crippen LogP contribution in [-0.2, 0) is 4.79 Å². The van der Waals surface area contributed by atoms with Gasteiger partial charge in [-0.1, -0.05) is 42.2 Å². The number of hydrogen-bond donors (Lipinski definition) is 2. The van der Waals surface area contributed by atoms with Crippen molar-refractivity contribution in [1.82, 2.24) is 30.2 Å². The van der Waals surface area contributed by atoms with Crippen LogP contribution in [0.4, 0.5) is 10.1 Å². The number of nitrogens with zero attached hydrogens (tertiary/aromatic N) is 5. The van der Waals surface area contributed by atoms with Crippen LogP contribution < -0.4 is 10.6 Å². The third kappa shape index (κ3) is 5.70. The van der Waals surface area contributed by atoms with Crippen LogP contribution in [0.25, 0.3) is 28.3 Å². The molecule has 12 heteroatoms. The first-order valence-electron chi connectivity index (χ1n) is 14.2. The van der Waals surface area contributed by atoms with Crippen molar-refractivity contribution < 1.29 is 18.5 Å². The topological polar surface area (TPSA) is 128 Å². The third-order valence-electron chi connectivity index (χ3n) is 7.80. The number of aryl methyl sites for hydroxylation is 1. The fourth-order valence-electron chi connectivity index (χ4n) is 5.33. The minimum Gasteiger partial charge on any atom is -0.344 e. The van der Waals surface area contributed by atoms with Gasteiger partial charge in [-0.15, -0.1) is 0 Å². The second-order valence-electron chi connectivity index (χ2n) is 10.9. The lowest BCUT2D eigenvalue weighted by atomic mass is 9.95. The van der Waals surface area contributed by atoms with Crippen LogP contribution in [0.3, 0.4) is 0 Å². The van der Waals surface area contributed by atoms with Gasteiger partial charge in [-0.05, 0) is 68.7 Å². The summed E-state index contributed by atoms with van der Waals surface area (Å²) in [7, 11) is 0. The molecule has 2 bridgehead atoms.